The summed E-state index contributed by atoms with van der Waals surface area (Å²) in [5.41, 5.74) is 0.228. The number of carbonyl (C=O) groups is 1. The van der Waals surface area contributed by atoms with Gasteiger partial charge in [-0.3, -0.25) is 4.79 Å². The maximum absolute atomic E-state index is 13.4. The van der Waals surface area contributed by atoms with E-state index in [1.165, 1.54) is 6.07 Å². The van der Waals surface area contributed by atoms with E-state index in [9.17, 15) is 13.6 Å². The summed E-state index contributed by atoms with van der Waals surface area (Å²) in [6.45, 7) is 1.57. The van der Waals surface area contributed by atoms with E-state index in [2.05, 4.69) is 26.6 Å². The second-order valence-electron chi connectivity index (χ2n) is 3.26. The van der Waals surface area contributed by atoms with Gasteiger partial charge in [-0.15, -0.1) is 0 Å². The predicted octanol–water partition coefficient (Wildman–Crippen LogP) is 2.48. The smallest absolute Gasteiger partial charge is 0.246 e. The van der Waals surface area contributed by atoms with Gasteiger partial charge in [0.1, 0.15) is 6.04 Å². The first-order valence-electron chi connectivity index (χ1n) is 4.25. The van der Waals surface area contributed by atoms with Crippen LogP contribution in [0, 0.1) is 11.6 Å². The van der Waals surface area contributed by atoms with Crippen molar-refractivity contribution in [1.29, 1.82) is 0 Å². The van der Waals surface area contributed by atoms with Crippen molar-refractivity contribution >= 4 is 33.2 Å². The average Bonchev–Trinajstić information content (AvgIpc) is 2.19. The molecule has 1 aliphatic heterocycles. The number of benzene rings is 1. The van der Waals surface area contributed by atoms with Crippen molar-refractivity contribution in [3.05, 3.63) is 22.2 Å². The number of nitrogens with one attached hydrogen (secondary N) is 2. The van der Waals surface area contributed by atoms with E-state index in [1.54, 1.807) is 6.92 Å². The zero-order valence-electron chi connectivity index (χ0n) is 7.70. The van der Waals surface area contributed by atoms with Gasteiger partial charge in [-0.2, -0.15) is 0 Å². The molecule has 0 aliphatic carbocycles. The van der Waals surface area contributed by atoms with Crippen molar-refractivity contribution in [1.82, 2.24) is 0 Å². The van der Waals surface area contributed by atoms with E-state index in [1.807, 2.05) is 0 Å². The molecule has 15 heavy (non-hydrogen) atoms. The number of hydrogen-bond donors (Lipinski definition) is 2. The van der Waals surface area contributed by atoms with Crippen LogP contribution < -0.4 is 10.6 Å². The van der Waals surface area contributed by atoms with Gasteiger partial charge in [-0.05, 0) is 28.9 Å². The van der Waals surface area contributed by atoms with Crippen LogP contribution in [0.2, 0.25) is 0 Å². The molecule has 0 saturated carbocycles. The molecule has 0 spiro atoms. The Balaban J connectivity index is 2.58. The summed E-state index contributed by atoms with van der Waals surface area (Å²) in [7, 11) is 0. The highest BCUT2D eigenvalue weighted by atomic mass is 79.9. The third-order valence-corrected chi connectivity index (χ3v) is 2.75. The van der Waals surface area contributed by atoms with Crippen molar-refractivity contribution in [2.45, 2.75) is 13.0 Å². The second kappa shape index (κ2) is 3.44. The van der Waals surface area contributed by atoms with E-state index < -0.39 is 17.7 Å². The first-order valence-corrected chi connectivity index (χ1v) is 5.05. The molecule has 1 atom stereocenters. The molecule has 1 amide bonds. The normalized spacial score (nSPS) is 19.2. The molecule has 2 rings (SSSR count). The Morgan fingerprint density at radius 1 is 1.40 bits per heavy atom. The number of amides is 1. The largest absolute Gasteiger partial charge is 0.370 e. The highest BCUT2D eigenvalue weighted by molar-refractivity contribution is 9.10. The molecule has 0 fully saturated rings. The molecule has 1 aromatic carbocycles. The molecule has 0 radical (unpaired) electrons. The lowest BCUT2D eigenvalue weighted by Crippen LogP contribution is -2.37. The quantitative estimate of drug-likeness (QED) is 0.715. The van der Waals surface area contributed by atoms with E-state index in [4.69, 9.17) is 0 Å². The molecule has 0 saturated heterocycles. The first kappa shape index (κ1) is 10.4. The minimum Gasteiger partial charge on any atom is -0.370 e. The van der Waals surface area contributed by atoms with E-state index >= 15 is 0 Å². The molecular weight excluding hydrogens is 270 g/mol. The predicted molar refractivity (Wildman–Crippen MR) is 55.8 cm³/mol. The fourth-order valence-electron chi connectivity index (χ4n) is 1.36. The summed E-state index contributed by atoms with van der Waals surface area (Å²) in [5.74, 6) is -2.24. The summed E-state index contributed by atoms with van der Waals surface area (Å²) in [4.78, 5) is 11.3. The molecular formula is C9H7BrF2N2O. The number of hydrogen-bond acceptors (Lipinski definition) is 2. The summed E-state index contributed by atoms with van der Waals surface area (Å²) < 4.78 is 26.6. The Hall–Kier alpha value is -1.17. The molecule has 80 valence electrons. The van der Waals surface area contributed by atoms with Gasteiger partial charge in [0.25, 0.3) is 0 Å². The van der Waals surface area contributed by atoms with Crippen molar-refractivity contribution in [2.75, 3.05) is 10.6 Å². The molecule has 1 aromatic rings. The average molecular weight is 277 g/mol. The van der Waals surface area contributed by atoms with Gasteiger partial charge >= 0.3 is 0 Å². The minimum atomic E-state index is -0.994. The molecule has 6 heteroatoms. The van der Waals surface area contributed by atoms with Crippen LogP contribution in [-0.4, -0.2) is 11.9 Å². The molecule has 2 N–H and O–H groups in total. The molecule has 1 aliphatic rings. The summed E-state index contributed by atoms with van der Waals surface area (Å²) >= 11 is 2.87. The van der Waals surface area contributed by atoms with Gasteiger partial charge in [0, 0.05) is 0 Å². The van der Waals surface area contributed by atoms with Crippen LogP contribution in [0.1, 0.15) is 6.92 Å². The van der Waals surface area contributed by atoms with Gasteiger partial charge in [0.15, 0.2) is 11.6 Å². The summed E-state index contributed by atoms with van der Waals surface area (Å²) in [6.07, 6.45) is 0. The second-order valence-corrected chi connectivity index (χ2v) is 4.12. The number of anilines is 2. The Kier molecular flexibility index (Phi) is 2.38. The van der Waals surface area contributed by atoms with Crippen LogP contribution in [0.3, 0.4) is 0 Å². The number of fused-ring (bicyclic) bond motifs is 1. The van der Waals surface area contributed by atoms with Gasteiger partial charge in [-0.1, -0.05) is 0 Å². The van der Waals surface area contributed by atoms with Gasteiger partial charge in [0.05, 0.1) is 15.8 Å². The highest BCUT2D eigenvalue weighted by Gasteiger charge is 2.26. The highest BCUT2D eigenvalue weighted by Crippen LogP contribution is 2.35. The first-order chi connectivity index (χ1) is 7.00. The van der Waals surface area contributed by atoms with Gasteiger partial charge in [-0.25, -0.2) is 8.78 Å². The summed E-state index contributed by atoms with van der Waals surface area (Å²) in [6, 6.07) is 0.748. The molecule has 1 unspecified atom stereocenters. The minimum absolute atomic E-state index is 0.0113. The Morgan fingerprint density at radius 2 is 2.07 bits per heavy atom. The monoisotopic (exact) mass is 276 g/mol. The van der Waals surface area contributed by atoms with Crippen LogP contribution in [0.15, 0.2) is 10.5 Å². The Labute approximate surface area is 93.0 Å². The van der Waals surface area contributed by atoms with Crippen molar-refractivity contribution < 1.29 is 13.6 Å². The molecule has 3 nitrogen and oxygen atoms in total. The molecule has 0 bridgehead atoms. The van der Waals surface area contributed by atoms with Crippen molar-refractivity contribution in [2.24, 2.45) is 0 Å². The van der Waals surface area contributed by atoms with Crippen LogP contribution >= 0.6 is 15.9 Å². The van der Waals surface area contributed by atoms with Gasteiger partial charge < -0.3 is 10.6 Å². The lowest BCUT2D eigenvalue weighted by molar-refractivity contribution is -0.116. The van der Waals surface area contributed by atoms with Crippen LogP contribution in [0.4, 0.5) is 20.2 Å². The molecule has 0 aromatic heterocycles. The van der Waals surface area contributed by atoms with Gasteiger partial charge in [0.2, 0.25) is 5.91 Å². The fourth-order valence-corrected chi connectivity index (χ4v) is 1.76. The molecule has 1 heterocycles. The van der Waals surface area contributed by atoms with E-state index in [0.717, 1.165) is 0 Å². The maximum atomic E-state index is 13.4. The lowest BCUT2D eigenvalue weighted by atomic mass is 10.1. The fraction of sp³-hybridized carbons (Fsp3) is 0.222. The standard InChI is InChI=1S/C9H7BrF2N2O/c1-3-9(15)14-5-2-4(10)6(11)7(12)8(5)13-3/h2-3,13H,1H3,(H,14,15). The Bertz CT molecular complexity index is 450. The van der Waals surface area contributed by atoms with Crippen molar-refractivity contribution in [3.63, 3.8) is 0 Å². The number of rotatable bonds is 0. The Morgan fingerprint density at radius 3 is 2.73 bits per heavy atom. The third kappa shape index (κ3) is 1.58. The van der Waals surface area contributed by atoms with Crippen molar-refractivity contribution in [3.8, 4) is 0 Å². The lowest BCUT2D eigenvalue weighted by Gasteiger charge is -2.24. The SMILES string of the molecule is CC1Nc2c(cc(Br)c(F)c2F)NC1=O. The van der Waals surface area contributed by atoms with E-state index in [-0.39, 0.29) is 21.8 Å². The van der Waals surface area contributed by atoms with Crippen LogP contribution in [0.5, 0.6) is 0 Å². The zero-order valence-corrected chi connectivity index (χ0v) is 9.28. The summed E-state index contributed by atoms with van der Waals surface area (Å²) in [5, 5.41) is 5.08. The third-order valence-electron chi connectivity index (χ3n) is 2.17. The van der Waals surface area contributed by atoms with E-state index in [0.29, 0.717) is 0 Å². The topological polar surface area (TPSA) is 41.1 Å². The number of halogens is 3. The van der Waals surface area contributed by atoms with Crippen LogP contribution in [-0.2, 0) is 4.79 Å². The number of carbonyl (C=O) groups excluding carboxylic acids is 1. The zero-order chi connectivity index (χ0) is 11.2. The van der Waals surface area contributed by atoms with Crippen LogP contribution in [0.25, 0.3) is 0 Å². The maximum Gasteiger partial charge on any atom is 0.246 e.